The van der Waals surface area contributed by atoms with Crippen LogP contribution in [0.15, 0.2) is 12.1 Å². The number of hydrazine groups is 1. The molecule has 0 spiro atoms. The molecule has 0 saturated carbocycles. The van der Waals surface area contributed by atoms with Crippen molar-refractivity contribution in [2.45, 2.75) is 32.7 Å². The summed E-state index contributed by atoms with van der Waals surface area (Å²) in [5, 5.41) is 0. The molecule has 1 aromatic heterocycles. The monoisotopic (exact) mass is 296 g/mol. The third-order valence-electron chi connectivity index (χ3n) is 3.17. The largest absolute Gasteiger partial charge is 0.338 e. The lowest BCUT2D eigenvalue weighted by atomic mass is 10.1. The van der Waals surface area contributed by atoms with E-state index in [1.807, 2.05) is 26.3 Å². The Morgan fingerprint density at radius 2 is 2.25 bits per heavy atom. The van der Waals surface area contributed by atoms with Gasteiger partial charge in [-0.05, 0) is 31.7 Å². The molecule has 0 aromatic carbocycles. The molecule has 6 heteroatoms. The second-order valence-corrected chi connectivity index (χ2v) is 5.76. The maximum atomic E-state index is 12.5. The van der Waals surface area contributed by atoms with Crippen LogP contribution in [0.3, 0.4) is 0 Å². The number of nitrogens with two attached hydrogens (primary N) is 1. The van der Waals surface area contributed by atoms with Crippen molar-refractivity contribution in [2.24, 2.45) is 5.84 Å². The lowest BCUT2D eigenvalue weighted by molar-refractivity contribution is 0.0757. The molecule has 1 atom stereocenters. The first-order valence-electron chi connectivity index (χ1n) is 6.77. The third kappa shape index (κ3) is 4.38. The maximum Gasteiger partial charge on any atom is 0.254 e. The van der Waals surface area contributed by atoms with Crippen molar-refractivity contribution in [2.75, 3.05) is 24.5 Å². The van der Waals surface area contributed by atoms with Gasteiger partial charge >= 0.3 is 0 Å². The van der Waals surface area contributed by atoms with Crippen molar-refractivity contribution in [1.29, 1.82) is 0 Å². The van der Waals surface area contributed by atoms with E-state index in [0.29, 0.717) is 11.4 Å². The van der Waals surface area contributed by atoms with Crippen molar-refractivity contribution >= 4 is 23.5 Å². The summed E-state index contributed by atoms with van der Waals surface area (Å²) < 4.78 is 0. The molecular weight excluding hydrogens is 272 g/mol. The second-order valence-electron chi connectivity index (χ2n) is 4.85. The van der Waals surface area contributed by atoms with Gasteiger partial charge in [-0.3, -0.25) is 4.79 Å². The SMILES string of the molecule is CCCc1cc(C(=O)N(C)C(C)CSC)cc(NN)n1. The van der Waals surface area contributed by atoms with Gasteiger partial charge < -0.3 is 10.3 Å². The Kier molecular flexibility index (Phi) is 6.81. The molecule has 0 aliphatic heterocycles. The molecule has 0 bridgehead atoms. The van der Waals surface area contributed by atoms with Crippen LogP contribution in [0.5, 0.6) is 0 Å². The lowest BCUT2D eigenvalue weighted by Crippen LogP contribution is -2.36. The second kappa shape index (κ2) is 8.11. The summed E-state index contributed by atoms with van der Waals surface area (Å²) in [6.07, 6.45) is 3.85. The Labute approximate surface area is 125 Å². The number of thioether (sulfide) groups is 1. The van der Waals surface area contributed by atoms with Gasteiger partial charge in [-0.25, -0.2) is 10.8 Å². The molecule has 112 valence electrons. The number of carbonyl (C=O) groups excluding carboxylic acids is 1. The first-order chi connectivity index (χ1) is 9.53. The van der Waals surface area contributed by atoms with Crippen LogP contribution in [-0.2, 0) is 6.42 Å². The van der Waals surface area contributed by atoms with E-state index in [-0.39, 0.29) is 11.9 Å². The number of aryl methyl sites for hydroxylation is 1. The van der Waals surface area contributed by atoms with Crippen LogP contribution in [0.2, 0.25) is 0 Å². The van der Waals surface area contributed by atoms with Gasteiger partial charge in [-0.1, -0.05) is 13.3 Å². The third-order valence-corrected chi connectivity index (χ3v) is 3.98. The van der Waals surface area contributed by atoms with Crippen LogP contribution in [0.25, 0.3) is 0 Å². The summed E-state index contributed by atoms with van der Waals surface area (Å²) in [6.45, 7) is 4.13. The first kappa shape index (κ1) is 16.8. The van der Waals surface area contributed by atoms with Gasteiger partial charge in [0.05, 0.1) is 0 Å². The molecule has 1 heterocycles. The highest BCUT2D eigenvalue weighted by Gasteiger charge is 2.18. The number of nitrogen functional groups attached to an aromatic ring is 1. The Bertz CT molecular complexity index is 453. The van der Waals surface area contributed by atoms with E-state index >= 15 is 0 Å². The summed E-state index contributed by atoms with van der Waals surface area (Å²) in [4.78, 5) is 18.6. The molecule has 1 unspecified atom stereocenters. The molecule has 0 aliphatic carbocycles. The molecule has 20 heavy (non-hydrogen) atoms. The molecule has 1 amide bonds. The molecule has 0 fully saturated rings. The zero-order chi connectivity index (χ0) is 15.1. The standard InChI is InChI=1S/C14H24N4OS/c1-5-6-12-7-11(8-13(16-12)17-15)14(19)18(3)10(2)9-20-4/h7-8,10H,5-6,9,15H2,1-4H3,(H,16,17). The Morgan fingerprint density at radius 3 is 2.80 bits per heavy atom. The molecule has 3 N–H and O–H groups in total. The minimum atomic E-state index is 0.00260. The minimum Gasteiger partial charge on any atom is -0.338 e. The zero-order valence-corrected chi connectivity index (χ0v) is 13.5. The van der Waals surface area contributed by atoms with Gasteiger partial charge in [-0.15, -0.1) is 0 Å². The van der Waals surface area contributed by atoms with Gasteiger partial charge in [0.25, 0.3) is 5.91 Å². The zero-order valence-electron chi connectivity index (χ0n) is 12.6. The average molecular weight is 296 g/mol. The highest BCUT2D eigenvalue weighted by atomic mass is 32.2. The number of carbonyl (C=O) groups is 1. The van der Waals surface area contributed by atoms with E-state index in [2.05, 4.69) is 17.3 Å². The minimum absolute atomic E-state index is 0.00260. The molecule has 0 saturated heterocycles. The van der Waals surface area contributed by atoms with Gasteiger partial charge in [0, 0.05) is 30.1 Å². The smallest absolute Gasteiger partial charge is 0.254 e. The van der Waals surface area contributed by atoms with Crippen molar-refractivity contribution in [1.82, 2.24) is 9.88 Å². The molecule has 0 radical (unpaired) electrons. The number of amides is 1. The molecule has 5 nitrogen and oxygen atoms in total. The highest BCUT2D eigenvalue weighted by Crippen LogP contribution is 2.15. The summed E-state index contributed by atoms with van der Waals surface area (Å²) >= 11 is 1.73. The average Bonchev–Trinajstić information content (AvgIpc) is 2.45. The van der Waals surface area contributed by atoms with Crippen molar-refractivity contribution in [3.05, 3.63) is 23.4 Å². The fourth-order valence-corrected chi connectivity index (χ4v) is 2.63. The quantitative estimate of drug-likeness (QED) is 0.596. The predicted molar refractivity (Wildman–Crippen MR) is 86.0 cm³/mol. The highest BCUT2D eigenvalue weighted by molar-refractivity contribution is 7.98. The molecule has 0 aliphatic rings. The Hall–Kier alpha value is -1.27. The van der Waals surface area contributed by atoms with Crippen LogP contribution < -0.4 is 11.3 Å². The number of nitrogens with one attached hydrogen (secondary N) is 1. The van der Waals surface area contributed by atoms with Gasteiger partial charge in [0.15, 0.2) is 0 Å². The maximum absolute atomic E-state index is 12.5. The predicted octanol–water partition coefficient (Wildman–Crippen LogP) is 2.14. The molecule has 1 aromatic rings. The number of pyridine rings is 1. The van der Waals surface area contributed by atoms with E-state index in [9.17, 15) is 4.79 Å². The number of anilines is 1. The van der Waals surface area contributed by atoms with Crippen LogP contribution in [0, 0.1) is 0 Å². The Balaban J connectivity index is 2.99. The number of hydrogen-bond acceptors (Lipinski definition) is 5. The Morgan fingerprint density at radius 1 is 1.55 bits per heavy atom. The van der Waals surface area contributed by atoms with Gasteiger partial charge in [0.2, 0.25) is 0 Å². The van der Waals surface area contributed by atoms with E-state index in [1.165, 1.54) is 0 Å². The fourth-order valence-electron chi connectivity index (χ4n) is 1.93. The summed E-state index contributed by atoms with van der Waals surface area (Å²) in [6, 6.07) is 3.74. The van der Waals surface area contributed by atoms with Crippen LogP contribution >= 0.6 is 11.8 Å². The lowest BCUT2D eigenvalue weighted by Gasteiger charge is -2.24. The van der Waals surface area contributed by atoms with E-state index < -0.39 is 0 Å². The summed E-state index contributed by atoms with van der Waals surface area (Å²) in [7, 11) is 1.83. The van der Waals surface area contributed by atoms with E-state index in [4.69, 9.17) is 5.84 Å². The topological polar surface area (TPSA) is 71.2 Å². The van der Waals surface area contributed by atoms with Crippen LogP contribution in [-0.4, -0.2) is 40.9 Å². The fraction of sp³-hybridized carbons (Fsp3) is 0.571. The van der Waals surface area contributed by atoms with Gasteiger partial charge in [-0.2, -0.15) is 11.8 Å². The normalized spacial score (nSPS) is 12.1. The number of nitrogens with zero attached hydrogens (tertiary/aromatic N) is 2. The summed E-state index contributed by atoms with van der Waals surface area (Å²) in [5.74, 6) is 6.88. The van der Waals surface area contributed by atoms with E-state index in [1.54, 1.807) is 22.7 Å². The molecular formula is C14H24N4OS. The first-order valence-corrected chi connectivity index (χ1v) is 8.16. The van der Waals surface area contributed by atoms with Crippen LogP contribution in [0.1, 0.15) is 36.3 Å². The van der Waals surface area contributed by atoms with Crippen molar-refractivity contribution < 1.29 is 4.79 Å². The van der Waals surface area contributed by atoms with Crippen molar-refractivity contribution in [3.8, 4) is 0 Å². The molecule has 1 rings (SSSR count). The van der Waals surface area contributed by atoms with E-state index in [0.717, 1.165) is 24.3 Å². The van der Waals surface area contributed by atoms with Crippen molar-refractivity contribution in [3.63, 3.8) is 0 Å². The number of aromatic nitrogens is 1. The summed E-state index contributed by atoms with van der Waals surface area (Å²) in [5.41, 5.74) is 4.05. The number of hydrogen-bond donors (Lipinski definition) is 2. The van der Waals surface area contributed by atoms with Gasteiger partial charge in [0.1, 0.15) is 5.82 Å². The van der Waals surface area contributed by atoms with Crippen LogP contribution in [0.4, 0.5) is 5.82 Å². The number of rotatable bonds is 7.